The third-order valence-electron chi connectivity index (χ3n) is 3.51. The van der Waals surface area contributed by atoms with Crippen LogP contribution in [0.25, 0.3) is 0 Å². The predicted molar refractivity (Wildman–Crippen MR) is 93.5 cm³/mol. The van der Waals surface area contributed by atoms with Crippen LogP contribution in [-0.4, -0.2) is 22.7 Å². The molecule has 0 fully saturated rings. The van der Waals surface area contributed by atoms with Gasteiger partial charge in [0.05, 0.1) is 19.4 Å². The van der Waals surface area contributed by atoms with Gasteiger partial charge in [0.1, 0.15) is 5.75 Å². The maximum atomic E-state index is 12.1. The number of amides is 1. The first-order valence-corrected chi connectivity index (χ1v) is 8.11. The summed E-state index contributed by atoms with van der Waals surface area (Å²) in [6.45, 7) is 2.54. The lowest BCUT2D eigenvalue weighted by Gasteiger charge is -2.04. The largest absolute Gasteiger partial charge is 0.494 e. The number of hydrogen-bond acceptors (Lipinski definition) is 5. The molecule has 0 saturated heterocycles. The van der Waals surface area contributed by atoms with Gasteiger partial charge in [-0.15, -0.1) is 5.10 Å². The topological polar surface area (TPSA) is 77.2 Å². The molecule has 1 heterocycles. The van der Waals surface area contributed by atoms with Gasteiger partial charge in [0, 0.05) is 0 Å². The van der Waals surface area contributed by atoms with Gasteiger partial charge in [-0.05, 0) is 30.2 Å². The SMILES string of the molecule is CCOc1ccc(CC(=O)Nc2nnc(Cc3ccccc3)o2)cc1. The highest BCUT2D eigenvalue weighted by Crippen LogP contribution is 2.14. The van der Waals surface area contributed by atoms with E-state index in [1.807, 2.05) is 61.5 Å². The van der Waals surface area contributed by atoms with Gasteiger partial charge in [-0.2, -0.15) is 0 Å². The van der Waals surface area contributed by atoms with Crippen LogP contribution >= 0.6 is 0 Å². The quantitative estimate of drug-likeness (QED) is 0.716. The Bertz CT molecular complexity index is 813. The molecular formula is C19H19N3O3. The Morgan fingerprint density at radius 1 is 1.04 bits per heavy atom. The molecule has 25 heavy (non-hydrogen) atoms. The molecule has 0 aliphatic heterocycles. The number of benzene rings is 2. The van der Waals surface area contributed by atoms with Crippen molar-refractivity contribution in [3.8, 4) is 5.75 Å². The Hall–Kier alpha value is -3.15. The minimum Gasteiger partial charge on any atom is -0.494 e. The van der Waals surface area contributed by atoms with Crippen molar-refractivity contribution < 1.29 is 13.9 Å². The number of rotatable bonds is 7. The molecule has 3 rings (SSSR count). The molecule has 0 radical (unpaired) electrons. The van der Waals surface area contributed by atoms with Crippen molar-refractivity contribution in [2.24, 2.45) is 0 Å². The minimum atomic E-state index is -0.209. The molecule has 0 aliphatic rings. The normalized spacial score (nSPS) is 10.4. The number of nitrogens with zero attached hydrogens (tertiary/aromatic N) is 2. The highest BCUT2D eigenvalue weighted by molar-refractivity contribution is 5.90. The molecule has 6 nitrogen and oxygen atoms in total. The first kappa shape index (κ1) is 16.7. The fraction of sp³-hybridized carbons (Fsp3) is 0.211. The minimum absolute atomic E-state index is 0.113. The zero-order valence-electron chi connectivity index (χ0n) is 13.9. The summed E-state index contributed by atoms with van der Waals surface area (Å²) in [6.07, 6.45) is 0.755. The van der Waals surface area contributed by atoms with Gasteiger partial charge in [0.2, 0.25) is 11.8 Å². The Morgan fingerprint density at radius 2 is 1.80 bits per heavy atom. The van der Waals surface area contributed by atoms with E-state index < -0.39 is 0 Å². The lowest BCUT2D eigenvalue weighted by molar-refractivity contribution is -0.115. The summed E-state index contributed by atoms with van der Waals surface area (Å²) in [7, 11) is 0. The third kappa shape index (κ3) is 4.91. The van der Waals surface area contributed by atoms with Crippen molar-refractivity contribution in [2.75, 3.05) is 11.9 Å². The number of nitrogens with one attached hydrogen (secondary N) is 1. The number of anilines is 1. The van der Waals surface area contributed by atoms with Gasteiger partial charge in [0.25, 0.3) is 0 Å². The van der Waals surface area contributed by atoms with Crippen LogP contribution in [0.5, 0.6) is 5.75 Å². The van der Waals surface area contributed by atoms with Crippen LogP contribution in [0.15, 0.2) is 59.0 Å². The fourth-order valence-corrected chi connectivity index (χ4v) is 2.37. The van der Waals surface area contributed by atoms with Crippen LogP contribution < -0.4 is 10.1 Å². The monoisotopic (exact) mass is 337 g/mol. The Balaban J connectivity index is 1.54. The standard InChI is InChI=1S/C19H19N3O3/c1-2-24-16-10-8-15(9-11-16)12-17(23)20-19-22-21-18(25-19)13-14-6-4-3-5-7-14/h3-11H,2,12-13H2,1H3,(H,20,22,23). The summed E-state index contributed by atoms with van der Waals surface area (Å²) in [5, 5.41) is 10.4. The molecule has 1 N–H and O–H groups in total. The summed E-state index contributed by atoms with van der Waals surface area (Å²) in [5.41, 5.74) is 1.95. The first-order chi connectivity index (χ1) is 12.2. The average molecular weight is 337 g/mol. The number of carbonyl (C=O) groups is 1. The molecule has 0 aliphatic carbocycles. The van der Waals surface area contributed by atoms with Crippen LogP contribution in [0.1, 0.15) is 23.9 Å². The zero-order chi connectivity index (χ0) is 17.5. The zero-order valence-corrected chi connectivity index (χ0v) is 13.9. The van der Waals surface area contributed by atoms with Gasteiger partial charge in [-0.1, -0.05) is 47.6 Å². The summed E-state index contributed by atoms with van der Waals surface area (Å²) >= 11 is 0. The summed E-state index contributed by atoms with van der Waals surface area (Å²) in [5.74, 6) is 1.04. The van der Waals surface area contributed by atoms with Crippen LogP contribution in [0, 0.1) is 0 Å². The molecule has 128 valence electrons. The molecule has 6 heteroatoms. The second-order valence-electron chi connectivity index (χ2n) is 5.47. The van der Waals surface area contributed by atoms with Gasteiger partial charge in [0.15, 0.2) is 0 Å². The van der Waals surface area contributed by atoms with E-state index in [0.29, 0.717) is 18.9 Å². The smallest absolute Gasteiger partial charge is 0.322 e. The third-order valence-corrected chi connectivity index (χ3v) is 3.51. The van der Waals surface area contributed by atoms with E-state index in [9.17, 15) is 4.79 Å². The Morgan fingerprint density at radius 3 is 2.52 bits per heavy atom. The number of hydrogen-bond donors (Lipinski definition) is 1. The van der Waals surface area contributed by atoms with E-state index in [1.54, 1.807) is 0 Å². The molecule has 0 spiro atoms. The molecule has 1 amide bonds. The summed E-state index contributed by atoms with van der Waals surface area (Å²) < 4.78 is 10.9. The van der Waals surface area contributed by atoms with E-state index in [1.165, 1.54) is 0 Å². The van der Waals surface area contributed by atoms with Crippen LogP contribution in [-0.2, 0) is 17.6 Å². The van der Waals surface area contributed by atoms with Crippen molar-refractivity contribution in [1.29, 1.82) is 0 Å². The van der Waals surface area contributed by atoms with Crippen molar-refractivity contribution in [1.82, 2.24) is 10.2 Å². The fourth-order valence-electron chi connectivity index (χ4n) is 2.37. The van der Waals surface area contributed by atoms with E-state index >= 15 is 0 Å². The number of ether oxygens (including phenoxy) is 1. The van der Waals surface area contributed by atoms with Gasteiger partial charge >= 0.3 is 6.01 Å². The lowest BCUT2D eigenvalue weighted by atomic mass is 10.1. The summed E-state index contributed by atoms with van der Waals surface area (Å²) in [4.78, 5) is 12.1. The molecule has 2 aromatic carbocycles. The van der Waals surface area contributed by atoms with E-state index in [0.717, 1.165) is 16.9 Å². The number of aromatic nitrogens is 2. The highest BCUT2D eigenvalue weighted by Gasteiger charge is 2.11. The van der Waals surface area contributed by atoms with E-state index in [2.05, 4.69) is 15.5 Å². The molecule has 0 saturated carbocycles. The predicted octanol–water partition coefficient (Wildman–Crippen LogP) is 3.24. The molecular weight excluding hydrogens is 318 g/mol. The molecule has 1 aromatic heterocycles. The van der Waals surface area contributed by atoms with Gasteiger partial charge in [-0.3, -0.25) is 10.1 Å². The second kappa shape index (κ2) is 8.10. The molecule has 3 aromatic rings. The van der Waals surface area contributed by atoms with Crippen molar-refractivity contribution in [3.63, 3.8) is 0 Å². The van der Waals surface area contributed by atoms with Crippen molar-refractivity contribution in [2.45, 2.75) is 19.8 Å². The van der Waals surface area contributed by atoms with Gasteiger partial charge < -0.3 is 9.15 Å². The van der Waals surface area contributed by atoms with Crippen LogP contribution in [0.4, 0.5) is 6.01 Å². The average Bonchev–Trinajstić information content (AvgIpc) is 3.04. The maximum Gasteiger partial charge on any atom is 0.322 e. The lowest BCUT2D eigenvalue weighted by Crippen LogP contribution is -2.14. The van der Waals surface area contributed by atoms with Gasteiger partial charge in [-0.25, -0.2) is 0 Å². The van der Waals surface area contributed by atoms with E-state index in [4.69, 9.17) is 9.15 Å². The van der Waals surface area contributed by atoms with Crippen molar-refractivity contribution >= 4 is 11.9 Å². The van der Waals surface area contributed by atoms with E-state index in [-0.39, 0.29) is 18.3 Å². The maximum absolute atomic E-state index is 12.1. The molecule has 0 bridgehead atoms. The highest BCUT2D eigenvalue weighted by atomic mass is 16.5. The molecule has 0 atom stereocenters. The van der Waals surface area contributed by atoms with Crippen LogP contribution in [0.2, 0.25) is 0 Å². The molecule has 0 unspecified atom stereocenters. The first-order valence-electron chi connectivity index (χ1n) is 8.11. The van der Waals surface area contributed by atoms with Crippen LogP contribution in [0.3, 0.4) is 0 Å². The number of carbonyl (C=O) groups excluding carboxylic acids is 1. The van der Waals surface area contributed by atoms with Crippen molar-refractivity contribution in [3.05, 3.63) is 71.6 Å². The summed E-state index contributed by atoms with van der Waals surface area (Å²) in [6, 6.07) is 17.3. The Kier molecular flexibility index (Phi) is 5.41. The Labute approximate surface area is 145 Å². The second-order valence-corrected chi connectivity index (χ2v) is 5.47.